The molecule has 0 spiro atoms. The first-order valence-corrected chi connectivity index (χ1v) is 7.93. The lowest BCUT2D eigenvalue weighted by molar-refractivity contribution is 1.03. The Morgan fingerprint density at radius 1 is 0.870 bits per heavy atom. The van der Waals surface area contributed by atoms with Gasteiger partial charge in [0, 0.05) is 17.0 Å². The molecule has 0 radical (unpaired) electrons. The molecule has 0 atom stereocenters. The van der Waals surface area contributed by atoms with Crippen LogP contribution >= 0.6 is 11.6 Å². The summed E-state index contributed by atoms with van der Waals surface area (Å²) in [5.74, 6) is 0.954. The van der Waals surface area contributed by atoms with E-state index < -0.39 is 0 Å². The summed E-state index contributed by atoms with van der Waals surface area (Å²) in [5.41, 5.74) is 3.38. The van der Waals surface area contributed by atoms with Crippen molar-refractivity contribution < 1.29 is 0 Å². The number of aromatic nitrogens is 2. The van der Waals surface area contributed by atoms with Crippen molar-refractivity contribution in [2.24, 2.45) is 0 Å². The van der Waals surface area contributed by atoms with Gasteiger partial charge in [-0.25, -0.2) is 4.98 Å². The highest BCUT2D eigenvalue weighted by molar-refractivity contribution is 6.30. The average molecular weight is 319 g/mol. The van der Waals surface area contributed by atoms with E-state index in [0.717, 1.165) is 28.5 Å². The fraction of sp³-hybridized carbons (Fsp3) is 0.0500. The Morgan fingerprint density at radius 3 is 2.48 bits per heavy atom. The summed E-state index contributed by atoms with van der Waals surface area (Å²) in [6, 6.07) is 22.7. The third kappa shape index (κ3) is 2.99. The van der Waals surface area contributed by atoms with E-state index in [-0.39, 0.29) is 0 Å². The summed E-state index contributed by atoms with van der Waals surface area (Å²) >= 11 is 5.92. The molecule has 1 N–H and O–H groups in total. The van der Waals surface area contributed by atoms with Crippen LogP contribution in [0.3, 0.4) is 0 Å². The van der Waals surface area contributed by atoms with Gasteiger partial charge in [0.1, 0.15) is 5.82 Å². The van der Waals surface area contributed by atoms with E-state index in [1.165, 1.54) is 16.3 Å². The van der Waals surface area contributed by atoms with Crippen molar-refractivity contribution in [2.45, 2.75) is 6.42 Å². The highest BCUT2D eigenvalue weighted by Gasteiger charge is 2.05. The van der Waals surface area contributed by atoms with Gasteiger partial charge in [-0.2, -0.15) is 0 Å². The number of hydrogen-bond acceptors (Lipinski definition) is 1. The van der Waals surface area contributed by atoms with Gasteiger partial charge in [-0.1, -0.05) is 60.1 Å². The Labute approximate surface area is 139 Å². The molecular formula is C20H15ClN2. The number of fused-ring (bicyclic) bond motifs is 1. The van der Waals surface area contributed by atoms with Gasteiger partial charge in [0.25, 0.3) is 0 Å². The van der Waals surface area contributed by atoms with Crippen LogP contribution in [0.25, 0.3) is 22.0 Å². The number of halogens is 1. The maximum Gasteiger partial charge on any atom is 0.110 e. The molecule has 4 rings (SSSR count). The smallest absolute Gasteiger partial charge is 0.110 e. The van der Waals surface area contributed by atoms with Crippen molar-refractivity contribution >= 4 is 22.4 Å². The third-order valence-electron chi connectivity index (χ3n) is 3.97. The second kappa shape index (κ2) is 5.90. The van der Waals surface area contributed by atoms with Gasteiger partial charge < -0.3 is 4.98 Å². The van der Waals surface area contributed by atoms with E-state index >= 15 is 0 Å². The lowest BCUT2D eigenvalue weighted by Crippen LogP contribution is -1.90. The van der Waals surface area contributed by atoms with Crippen LogP contribution in [0.2, 0.25) is 5.02 Å². The molecule has 0 aliphatic carbocycles. The van der Waals surface area contributed by atoms with E-state index in [4.69, 9.17) is 11.6 Å². The fourth-order valence-electron chi connectivity index (χ4n) is 2.75. The van der Waals surface area contributed by atoms with Crippen LogP contribution in [0.4, 0.5) is 0 Å². The third-order valence-corrected chi connectivity index (χ3v) is 4.23. The van der Waals surface area contributed by atoms with Crippen LogP contribution in [0.1, 0.15) is 11.4 Å². The molecule has 4 aromatic rings. The molecule has 0 unspecified atom stereocenters. The van der Waals surface area contributed by atoms with Crippen LogP contribution in [0.15, 0.2) is 72.9 Å². The molecule has 1 heterocycles. The van der Waals surface area contributed by atoms with Gasteiger partial charge in [0.05, 0.1) is 11.9 Å². The molecule has 0 aliphatic heterocycles. The molecule has 23 heavy (non-hydrogen) atoms. The number of H-pyrrole nitrogens is 1. The van der Waals surface area contributed by atoms with Crippen LogP contribution < -0.4 is 0 Å². The minimum absolute atomic E-state index is 0.755. The maximum absolute atomic E-state index is 5.92. The number of benzene rings is 3. The SMILES string of the molecule is Clc1ccc(Cc2ncc(-c3ccc4ccccc4c3)[nH]2)cc1. The molecule has 1 aromatic heterocycles. The number of nitrogens with one attached hydrogen (secondary N) is 1. The first-order valence-electron chi connectivity index (χ1n) is 7.55. The van der Waals surface area contributed by atoms with Crippen LogP contribution in [-0.4, -0.2) is 9.97 Å². The number of aromatic amines is 1. The summed E-state index contributed by atoms with van der Waals surface area (Å²) in [6.07, 6.45) is 2.67. The first-order chi connectivity index (χ1) is 11.3. The zero-order valence-corrected chi connectivity index (χ0v) is 13.2. The minimum Gasteiger partial charge on any atom is -0.342 e. The van der Waals surface area contributed by atoms with Crippen molar-refractivity contribution in [3.8, 4) is 11.3 Å². The monoisotopic (exact) mass is 318 g/mol. The zero-order chi connectivity index (χ0) is 15.6. The Morgan fingerprint density at radius 2 is 1.65 bits per heavy atom. The van der Waals surface area contributed by atoms with Crippen molar-refractivity contribution in [3.63, 3.8) is 0 Å². The van der Waals surface area contributed by atoms with Crippen LogP contribution in [0.5, 0.6) is 0 Å². The van der Waals surface area contributed by atoms with Gasteiger partial charge in [-0.3, -0.25) is 0 Å². The number of imidazole rings is 1. The standard InChI is InChI=1S/C20H15ClN2/c21-18-9-5-14(6-10-18)11-20-22-13-19(23-20)17-8-7-15-3-1-2-4-16(15)12-17/h1-10,12-13H,11H2,(H,22,23). The van der Waals surface area contributed by atoms with Crippen LogP contribution in [-0.2, 0) is 6.42 Å². The van der Waals surface area contributed by atoms with Crippen molar-refractivity contribution in [2.75, 3.05) is 0 Å². The number of nitrogens with zero attached hydrogens (tertiary/aromatic N) is 1. The lowest BCUT2D eigenvalue weighted by atomic mass is 10.1. The maximum atomic E-state index is 5.92. The zero-order valence-electron chi connectivity index (χ0n) is 12.5. The molecule has 0 aliphatic rings. The quantitative estimate of drug-likeness (QED) is 0.533. The van der Waals surface area contributed by atoms with Gasteiger partial charge in [-0.05, 0) is 34.5 Å². The van der Waals surface area contributed by atoms with Crippen molar-refractivity contribution in [1.82, 2.24) is 9.97 Å². The highest BCUT2D eigenvalue weighted by atomic mass is 35.5. The molecule has 3 aromatic carbocycles. The summed E-state index contributed by atoms with van der Waals surface area (Å²) in [4.78, 5) is 7.91. The van der Waals surface area contributed by atoms with E-state index in [0.29, 0.717) is 0 Å². The van der Waals surface area contributed by atoms with Crippen molar-refractivity contribution in [3.05, 3.63) is 89.3 Å². The Balaban J connectivity index is 1.62. The van der Waals surface area contributed by atoms with Gasteiger partial charge >= 0.3 is 0 Å². The predicted molar refractivity (Wildman–Crippen MR) is 95.8 cm³/mol. The molecule has 0 bridgehead atoms. The molecule has 112 valence electrons. The minimum atomic E-state index is 0.755. The Kier molecular flexibility index (Phi) is 3.60. The number of rotatable bonds is 3. The largest absolute Gasteiger partial charge is 0.342 e. The van der Waals surface area contributed by atoms with E-state index in [9.17, 15) is 0 Å². The van der Waals surface area contributed by atoms with E-state index in [1.807, 2.05) is 30.5 Å². The second-order valence-corrected chi connectivity index (χ2v) is 6.05. The second-order valence-electron chi connectivity index (χ2n) is 5.61. The fourth-order valence-corrected chi connectivity index (χ4v) is 2.88. The highest BCUT2D eigenvalue weighted by Crippen LogP contribution is 2.23. The summed E-state index contributed by atoms with van der Waals surface area (Å²) in [7, 11) is 0. The van der Waals surface area contributed by atoms with Crippen molar-refractivity contribution in [1.29, 1.82) is 0 Å². The first kappa shape index (κ1) is 14.0. The normalized spacial score (nSPS) is 11.0. The molecule has 2 nitrogen and oxygen atoms in total. The summed E-state index contributed by atoms with van der Waals surface area (Å²) in [5, 5.41) is 3.24. The molecule has 0 saturated carbocycles. The Bertz CT molecular complexity index is 955. The molecule has 0 fully saturated rings. The predicted octanol–water partition coefficient (Wildman–Crippen LogP) is 5.47. The average Bonchev–Trinajstić information content (AvgIpc) is 3.05. The van der Waals surface area contributed by atoms with Gasteiger partial charge in [0.15, 0.2) is 0 Å². The van der Waals surface area contributed by atoms with E-state index in [2.05, 4.69) is 52.4 Å². The molecule has 0 amide bonds. The van der Waals surface area contributed by atoms with E-state index in [1.54, 1.807) is 0 Å². The summed E-state index contributed by atoms with van der Waals surface area (Å²) in [6.45, 7) is 0. The molecule has 0 saturated heterocycles. The molecular weight excluding hydrogens is 304 g/mol. The topological polar surface area (TPSA) is 28.7 Å². The lowest BCUT2D eigenvalue weighted by Gasteiger charge is -2.02. The number of hydrogen-bond donors (Lipinski definition) is 1. The van der Waals surface area contributed by atoms with Gasteiger partial charge in [-0.15, -0.1) is 0 Å². The Hall–Kier alpha value is -2.58. The van der Waals surface area contributed by atoms with Crippen LogP contribution in [0, 0.1) is 0 Å². The van der Waals surface area contributed by atoms with Gasteiger partial charge in [0.2, 0.25) is 0 Å². The molecule has 3 heteroatoms. The summed E-state index contributed by atoms with van der Waals surface area (Å²) < 4.78 is 0.